The normalized spacial score (nSPS) is 11.7. The van der Waals surface area contributed by atoms with Crippen LogP contribution in [0.1, 0.15) is 11.1 Å². The predicted octanol–water partition coefficient (Wildman–Crippen LogP) is 3.10. The number of methoxy groups -OCH3 is 1. The zero-order valence-electron chi connectivity index (χ0n) is 13.0. The molecule has 23 heavy (non-hydrogen) atoms. The minimum absolute atomic E-state index is 0.0138. The summed E-state index contributed by atoms with van der Waals surface area (Å²) in [5.74, 6) is -0.969. The van der Waals surface area contributed by atoms with E-state index in [0.29, 0.717) is 11.1 Å². The summed E-state index contributed by atoms with van der Waals surface area (Å²) >= 11 is 0. The third kappa shape index (κ3) is 3.68. The SMILES string of the molecule is COc1ccc(CN(C)S(=O)(=O)c2ccc(F)cc2C)cc1F. The number of ether oxygens (including phenoxy) is 1. The van der Waals surface area contributed by atoms with E-state index >= 15 is 0 Å². The smallest absolute Gasteiger partial charge is 0.243 e. The van der Waals surface area contributed by atoms with Gasteiger partial charge in [-0.3, -0.25) is 0 Å². The molecule has 0 atom stereocenters. The molecule has 0 amide bonds. The van der Waals surface area contributed by atoms with Crippen molar-refractivity contribution in [3.63, 3.8) is 0 Å². The van der Waals surface area contributed by atoms with E-state index in [4.69, 9.17) is 4.74 Å². The number of rotatable bonds is 5. The number of sulfonamides is 1. The lowest BCUT2D eigenvalue weighted by atomic mass is 10.2. The van der Waals surface area contributed by atoms with E-state index in [2.05, 4.69) is 0 Å². The average molecular weight is 341 g/mol. The molecular weight excluding hydrogens is 324 g/mol. The molecule has 0 radical (unpaired) electrons. The second-order valence-corrected chi connectivity index (χ2v) is 7.15. The van der Waals surface area contributed by atoms with Gasteiger partial charge in [0.1, 0.15) is 5.82 Å². The number of halogens is 2. The van der Waals surface area contributed by atoms with Crippen LogP contribution in [0.2, 0.25) is 0 Å². The second-order valence-electron chi connectivity index (χ2n) is 5.14. The fourth-order valence-electron chi connectivity index (χ4n) is 2.22. The Bertz CT molecular complexity index is 822. The summed E-state index contributed by atoms with van der Waals surface area (Å²) in [5, 5.41) is 0. The van der Waals surface area contributed by atoms with Crippen LogP contribution in [0.4, 0.5) is 8.78 Å². The molecule has 2 aromatic carbocycles. The van der Waals surface area contributed by atoms with Gasteiger partial charge in [0.15, 0.2) is 11.6 Å². The van der Waals surface area contributed by atoms with Crippen molar-refractivity contribution in [3.8, 4) is 5.75 Å². The molecule has 0 aliphatic carbocycles. The van der Waals surface area contributed by atoms with Gasteiger partial charge in [-0.1, -0.05) is 6.07 Å². The van der Waals surface area contributed by atoms with Crippen molar-refractivity contribution in [2.24, 2.45) is 0 Å². The van der Waals surface area contributed by atoms with Gasteiger partial charge in [0.05, 0.1) is 12.0 Å². The third-order valence-corrected chi connectivity index (χ3v) is 5.41. The summed E-state index contributed by atoms with van der Waals surface area (Å²) in [6.45, 7) is 1.51. The van der Waals surface area contributed by atoms with Gasteiger partial charge in [-0.05, 0) is 48.4 Å². The number of hydrogen-bond acceptors (Lipinski definition) is 3. The molecule has 7 heteroatoms. The van der Waals surface area contributed by atoms with E-state index in [1.165, 1.54) is 39.3 Å². The van der Waals surface area contributed by atoms with Crippen LogP contribution in [0.25, 0.3) is 0 Å². The summed E-state index contributed by atoms with van der Waals surface area (Å²) in [4.78, 5) is 0.0235. The molecule has 0 heterocycles. The second kappa shape index (κ2) is 6.64. The monoisotopic (exact) mass is 341 g/mol. The first-order chi connectivity index (χ1) is 10.8. The van der Waals surface area contributed by atoms with Crippen LogP contribution in [-0.2, 0) is 16.6 Å². The van der Waals surface area contributed by atoms with E-state index in [9.17, 15) is 17.2 Å². The summed E-state index contributed by atoms with van der Waals surface area (Å²) in [6.07, 6.45) is 0. The van der Waals surface area contributed by atoms with Gasteiger partial charge in [0, 0.05) is 13.6 Å². The van der Waals surface area contributed by atoms with Crippen LogP contribution < -0.4 is 4.74 Å². The zero-order chi connectivity index (χ0) is 17.2. The molecule has 0 spiro atoms. The maximum Gasteiger partial charge on any atom is 0.243 e. The minimum atomic E-state index is -3.80. The van der Waals surface area contributed by atoms with E-state index in [1.54, 1.807) is 6.07 Å². The highest BCUT2D eigenvalue weighted by Gasteiger charge is 2.23. The maximum absolute atomic E-state index is 13.7. The number of hydrogen-bond donors (Lipinski definition) is 0. The molecule has 0 saturated carbocycles. The first kappa shape index (κ1) is 17.4. The molecule has 0 saturated heterocycles. The van der Waals surface area contributed by atoms with Crippen molar-refractivity contribution in [3.05, 3.63) is 59.2 Å². The highest BCUT2D eigenvalue weighted by molar-refractivity contribution is 7.89. The number of benzene rings is 2. The average Bonchev–Trinajstić information content (AvgIpc) is 2.47. The van der Waals surface area contributed by atoms with Crippen LogP contribution in [0.3, 0.4) is 0 Å². The Labute approximate surface area is 134 Å². The molecule has 2 rings (SSSR count). The van der Waals surface area contributed by atoms with Crippen LogP contribution in [0.15, 0.2) is 41.3 Å². The van der Waals surface area contributed by atoms with Crippen LogP contribution in [0, 0.1) is 18.6 Å². The maximum atomic E-state index is 13.7. The molecule has 0 N–H and O–H groups in total. The highest BCUT2D eigenvalue weighted by atomic mass is 32.2. The Morgan fingerprint density at radius 2 is 1.83 bits per heavy atom. The minimum Gasteiger partial charge on any atom is -0.494 e. The molecule has 4 nitrogen and oxygen atoms in total. The Hall–Kier alpha value is -1.99. The topological polar surface area (TPSA) is 46.6 Å². The summed E-state index contributed by atoms with van der Waals surface area (Å²) in [7, 11) is -1.06. The lowest BCUT2D eigenvalue weighted by molar-refractivity contribution is 0.385. The van der Waals surface area contributed by atoms with Gasteiger partial charge in [-0.25, -0.2) is 17.2 Å². The van der Waals surface area contributed by atoms with Crippen molar-refractivity contribution in [2.75, 3.05) is 14.2 Å². The van der Waals surface area contributed by atoms with Crippen LogP contribution in [0.5, 0.6) is 5.75 Å². The van der Waals surface area contributed by atoms with E-state index in [-0.39, 0.29) is 17.2 Å². The predicted molar refractivity (Wildman–Crippen MR) is 82.7 cm³/mol. The Balaban J connectivity index is 2.28. The lowest BCUT2D eigenvalue weighted by Crippen LogP contribution is -2.27. The summed E-state index contributed by atoms with van der Waals surface area (Å²) in [6, 6.07) is 7.74. The quantitative estimate of drug-likeness (QED) is 0.839. The lowest BCUT2D eigenvalue weighted by Gasteiger charge is -2.19. The number of aryl methyl sites for hydroxylation is 1. The van der Waals surface area contributed by atoms with Crippen molar-refractivity contribution in [2.45, 2.75) is 18.4 Å². The van der Waals surface area contributed by atoms with Crippen LogP contribution in [-0.4, -0.2) is 26.9 Å². The molecule has 0 aliphatic rings. The largest absolute Gasteiger partial charge is 0.494 e. The standard InChI is InChI=1S/C16H17F2NO3S/c1-11-8-13(17)5-7-16(11)23(20,21)19(2)10-12-4-6-15(22-3)14(18)9-12/h4-9H,10H2,1-3H3. The molecule has 0 bridgehead atoms. The van der Waals surface area contributed by atoms with Gasteiger partial charge in [-0.2, -0.15) is 4.31 Å². The molecule has 124 valence electrons. The van der Waals surface area contributed by atoms with Crippen molar-refractivity contribution < 1.29 is 21.9 Å². The van der Waals surface area contributed by atoms with Crippen molar-refractivity contribution in [1.29, 1.82) is 0 Å². The first-order valence-electron chi connectivity index (χ1n) is 6.80. The third-order valence-electron chi connectivity index (χ3n) is 3.45. The van der Waals surface area contributed by atoms with Crippen LogP contribution >= 0.6 is 0 Å². The van der Waals surface area contributed by atoms with Gasteiger partial charge in [0.25, 0.3) is 0 Å². The molecule has 0 aliphatic heterocycles. The molecule has 0 unspecified atom stereocenters. The van der Waals surface area contributed by atoms with E-state index in [1.807, 2.05) is 0 Å². The highest BCUT2D eigenvalue weighted by Crippen LogP contribution is 2.23. The Kier molecular flexibility index (Phi) is 5.01. The molecular formula is C16H17F2NO3S. The molecule has 0 aromatic heterocycles. The van der Waals surface area contributed by atoms with E-state index < -0.39 is 21.7 Å². The van der Waals surface area contributed by atoms with Crippen molar-refractivity contribution in [1.82, 2.24) is 4.31 Å². The summed E-state index contributed by atoms with van der Waals surface area (Å²) < 4.78 is 57.9. The zero-order valence-corrected chi connectivity index (χ0v) is 13.8. The van der Waals surface area contributed by atoms with Gasteiger partial charge >= 0.3 is 0 Å². The fourth-order valence-corrected chi connectivity index (χ4v) is 3.58. The van der Waals surface area contributed by atoms with E-state index in [0.717, 1.165) is 16.4 Å². The first-order valence-corrected chi connectivity index (χ1v) is 8.24. The number of nitrogens with zero attached hydrogens (tertiary/aromatic N) is 1. The molecule has 2 aromatic rings. The van der Waals surface area contributed by atoms with Gasteiger partial charge in [0.2, 0.25) is 10.0 Å². The van der Waals surface area contributed by atoms with Gasteiger partial charge in [-0.15, -0.1) is 0 Å². The Morgan fingerprint density at radius 1 is 1.13 bits per heavy atom. The molecule has 0 fully saturated rings. The summed E-state index contributed by atoms with van der Waals surface area (Å²) in [5.41, 5.74) is 0.798. The Morgan fingerprint density at radius 3 is 2.39 bits per heavy atom. The fraction of sp³-hybridized carbons (Fsp3) is 0.250. The van der Waals surface area contributed by atoms with Crippen molar-refractivity contribution >= 4 is 10.0 Å². The van der Waals surface area contributed by atoms with Gasteiger partial charge < -0.3 is 4.74 Å².